The normalized spacial score (nSPS) is 15.9. The molecule has 1 heterocycles. The van der Waals surface area contributed by atoms with Gasteiger partial charge < -0.3 is 9.30 Å². The van der Waals surface area contributed by atoms with Gasteiger partial charge in [-0.15, -0.1) is 0 Å². The zero-order valence-electron chi connectivity index (χ0n) is 8.66. The Morgan fingerprint density at radius 1 is 1.56 bits per heavy atom. The third-order valence-electron chi connectivity index (χ3n) is 2.43. The molecule has 0 saturated heterocycles. The van der Waals surface area contributed by atoms with Gasteiger partial charge in [-0.1, -0.05) is 0 Å². The molecule has 0 amide bonds. The highest BCUT2D eigenvalue weighted by molar-refractivity contribution is 7.71. The van der Waals surface area contributed by atoms with Crippen LogP contribution >= 0.6 is 12.2 Å². The first kappa shape index (κ1) is 11.7. The number of aromatic nitrogens is 3. The van der Waals surface area contributed by atoms with Gasteiger partial charge in [0.05, 0.1) is 13.2 Å². The molecule has 7 heteroatoms. The van der Waals surface area contributed by atoms with Gasteiger partial charge in [0.2, 0.25) is 0 Å². The number of aromatic amines is 1. The Balaban J connectivity index is 1.88. The van der Waals surface area contributed by atoms with Crippen LogP contribution in [0.4, 0.5) is 8.78 Å². The highest BCUT2D eigenvalue weighted by Gasteiger charge is 2.28. The maximum Gasteiger partial charge on any atom is 0.261 e. The van der Waals surface area contributed by atoms with Crippen molar-refractivity contribution in [2.75, 3.05) is 13.2 Å². The summed E-state index contributed by atoms with van der Waals surface area (Å²) in [6.45, 7) is 0.190. The first-order chi connectivity index (χ1) is 7.68. The predicted molar refractivity (Wildman–Crippen MR) is 56.2 cm³/mol. The first-order valence-electron chi connectivity index (χ1n) is 5.19. The fourth-order valence-electron chi connectivity index (χ4n) is 1.53. The monoisotopic (exact) mass is 249 g/mol. The van der Waals surface area contributed by atoms with Gasteiger partial charge in [-0.05, 0) is 25.1 Å². The average Bonchev–Trinajstić information content (AvgIpc) is 3.00. The Bertz CT molecular complexity index is 400. The summed E-state index contributed by atoms with van der Waals surface area (Å²) in [6, 6.07) is 0. The van der Waals surface area contributed by atoms with Crippen LogP contribution in [-0.4, -0.2) is 34.4 Å². The number of halogens is 2. The summed E-state index contributed by atoms with van der Waals surface area (Å²) in [5.74, 6) is 1.40. The quantitative estimate of drug-likeness (QED) is 0.620. The highest BCUT2D eigenvalue weighted by atomic mass is 32.1. The van der Waals surface area contributed by atoms with Crippen molar-refractivity contribution in [3.05, 3.63) is 10.6 Å². The average molecular weight is 249 g/mol. The van der Waals surface area contributed by atoms with E-state index in [1.165, 1.54) is 0 Å². The zero-order chi connectivity index (χ0) is 11.5. The largest absolute Gasteiger partial charge is 0.374 e. The summed E-state index contributed by atoms with van der Waals surface area (Å²) < 4.78 is 30.8. The maximum absolute atomic E-state index is 11.8. The molecule has 0 radical (unpaired) electrons. The molecule has 0 aliphatic heterocycles. The smallest absolute Gasteiger partial charge is 0.261 e. The molecule has 1 N–H and O–H groups in total. The van der Waals surface area contributed by atoms with Crippen LogP contribution in [0.25, 0.3) is 0 Å². The van der Waals surface area contributed by atoms with Crippen LogP contribution in [0.15, 0.2) is 0 Å². The second-order valence-corrected chi connectivity index (χ2v) is 4.17. The fraction of sp³-hybridized carbons (Fsp3) is 0.778. The minimum atomic E-state index is -2.42. The van der Waals surface area contributed by atoms with Crippen LogP contribution in [0.1, 0.15) is 24.6 Å². The van der Waals surface area contributed by atoms with Crippen LogP contribution < -0.4 is 0 Å². The molecule has 0 atom stereocenters. The van der Waals surface area contributed by atoms with Crippen molar-refractivity contribution in [1.29, 1.82) is 0 Å². The summed E-state index contributed by atoms with van der Waals surface area (Å²) in [5, 5.41) is 6.85. The van der Waals surface area contributed by atoms with Crippen LogP contribution in [-0.2, 0) is 11.3 Å². The van der Waals surface area contributed by atoms with Crippen molar-refractivity contribution in [2.24, 2.45) is 0 Å². The van der Waals surface area contributed by atoms with Crippen molar-refractivity contribution in [1.82, 2.24) is 14.8 Å². The van der Waals surface area contributed by atoms with Crippen LogP contribution in [0, 0.1) is 4.77 Å². The molecular formula is C9H13F2N3OS. The van der Waals surface area contributed by atoms with E-state index >= 15 is 0 Å². The SMILES string of the molecule is FC(F)COCCn1c(C2CC2)n[nH]c1=S. The van der Waals surface area contributed by atoms with Crippen molar-refractivity contribution in [2.45, 2.75) is 31.7 Å². The molecule has 0 unspecified atom stereocenters. The van der Waals surface area contributed by atoms with E-state index in [9.17, 15) is 8.78 Å². The van der Waals surface area contributed by atoms with Crippen molar-refractivity contribution in [3.8, 4) is 0 Å². The second-order valence-electron chi connectivity index (χ2n) is 3.78. The van der Waals surface area contributed by atoms with E-state index in [-0.39, 0.29) is 6.61 Å². The number of nitrogens with one attached hydrogen (secondary N) is 1. The van der Waals surface area contributed by atoms with E-state index in [0.717, 1.165) is 18.7 Å². The summed E-state index contributed by atoms with van der Waals surface area (Å²) in [5.41, 5.74) is 0. The summed E-state index contributed by atoms with van der Waals surface area (Å²) in [4.78, 5) is 0. The van der Waals surface area contributed by atoms with Crippen molar-refractivity contribution < 1.29 is 13.5 Å². The van der Waals surface area contributed by atoms with E-state index in [2.05, 4.69) is 10.2 Å². The van der Waals surface area contributed by atoms with Gasteiger partial charge in [-0.3, -0.25) is 5.10 Å². The molecule has 16 heavy (non-hydrogen) atoms. The van der Waals surface area contributed by atoms with Crippen molar-refractivity contribution in [3.63, 3.8) is 0 Å². The van der Waals surface area contributed by atoms with Crippen LogP contribution in [0.2, 0.25) is 0 Å². The van der Waals surface area contributed by atoms with Crippen molar-refractivity contribution >= 4 is 12.2 Å². The third-order valence-corrected chi connectivity index (χ3v) is 2.75. The number of nitrogens with zero attached hydrogens (tertiary/aromatic N) is 2. The van der Waals surface area contributed by atoms with E-state index < -0.39 is 13.0 Å². The molecule has 0 spiro atoms. The Morgan fingerprint density at radius 2 is 2.31 bits per heavy atom. The summed E-state index contributed by atoms with van der Waals surface area (Å²) in [7, 11) is 0. The zero-order valence-corrected chi connectivity index (χ0v) is 9.47. The van der Waals surface area contributed by atoms with E-state index in [4.69, 9.17) is 17.0 Å². The molecule has 0 bridgehead atoms. The molecule has 0 aromatic carbocycles. The predicted octanol–water partition coefficient (Wildman–Crippen LogP) is 2.10. The molecule has 1 aromatic rings. The Hall–Kier alpha value is -0.820. The molecule has 1 aliphatic carbocycles. The van der Waals surface area contributed by atoms with Crippen LogP contribution in [0.5, 0.6) is 0 Å². The molecule has 1 aliphatic rings. The van der Waals surface area contributed by atoms with Gasteiger partial charge in [-0.25, -0.2) is 8.78 Å². The highest BCUT2D eigenvalue weighted by Crippen LogP contribution is 2.38. The Labute approximate surface area is 96.6 Å². The lowest BCUT2D eigenvalue weighted by molar-refractivity contribution is 0.0145. The molecule has 90 valence electrons. The molecule has 2 rings (SSSR count). The molecule has 4 nitrogen and oxygen atoms in total. The molecule has 1 aromatic heterocycles. The maximum atomic E-state index is 11.8. The number of hydrogen-bond donors (Lipinski definition) is 1. The number of ether oxygens (including phenoxy) is 1. The minimum Gasteiger partial charge on any atom is -0.374 e. The minimum absolute atomic E-state index is 0.234. The second kappa shape index (κ2) is 5.01. The fourth-order valence-corrected chi connectivity index (χ4v) is 1.76. The summed E-state index contributed by atoms with van der Waals surface area (Å²) in [6.07, 6.45) is -0.171. The Kier molecular flexibility index (Phi) is 3.65. The van der Waals surface area contributed by atoms with E-state index in [1.54, 1.807) is 0 Å². The standard InChI is InChI=1S/C9H13F2N3OS/c10-7(11)5-15-4-3-14-8(6-1-2-6)12-13-9(14)16/h6-7H,1-5H2,(H,13,16). The van der Waals surface area contributed by atoms with Gasteiger partial charge in [0, 0.05) is 5.92 Å². The van der Waals surface area contributed by atoms with Gasteiger partial charge in [0.15, 0.2) is 4.77 Å². The van der Waals surface area contributed by atoms with Gasteiger partial charge in [-0.2, -0.15) is 5.10 Å². The van der Waals surface area contributed by atoms with Gasteiger partial charge >= 0.3 is 0 Å². The Morgan fingerprint density at radius 3 is 2.94 bits per heavy atom. The number of rotatable bonds is 6. The molecule has 1 saturated carbocycles. The number of H-pyrrole nitrogens is 1. The van der Waals surface area contributed by atoms with Gasteiger partial charge in [0.25, 0.3) is 6.43 Å². The van der Waals surface area contributed by atoms with E-state index in [1.807, 2.05) is 4.57 Å². The lowest BCUT2D eigenvalue weighted by Crippen LogP contribution is -2.12. The first-order valence-corrected chi connectivity index (χ1v) is 5.60. The van der Waals surface area contributed by atoms with E-state index in [0.29, 0.717) is 17.2 Å². The van der Waals surface area contributed by atoms with Gasteiger partial charge in [0.1, 0.15) is 12.4 Å². The molecular weight excluding hydrogens is 236 g/mol. The topological polar surface area (TPSA) is 42.8 Å². The third kappa shape index (κ3) is 2.85. The van der Waals surface area contributed by atoms with Crippen LogP contribution in [0.3, 0.4) is 0 Å². The summed E-state index contributed by atoms with van der Waals surface area (Å²) >= 11 is 5.06. The lowest BCUT2D eigenvalue weighted by Gasteiger charge is -2.06. The number of alkyl halides is 2. The number of hydrogen-bond acceptors (Lipinski definition) is 3. The molecule has 1 fully saturated rings. The lowest BCUT2D eigenvalue weighted by atomic mass is 10.4.